The molecule has 2 rings (SSSR count). The van der Waals surface area contributed by atoms with Crippen molar-refractivity contribution in [3.63, 3.8) is 0 Å². The van der Waals surface area contributed by atoms with Crippen LogP contribution >= 0.6 is 0 Å². The summed E-state index contributed by atoms with van der Waals surface area (Å²) in [5.41, 5.74) is 2.11. The van der Waals surface area contributed by atoms with E-state index >= 15 is 0 Å². The standard InChI is InChI=1S/C17H25N3O/c1-13(6-5-11-20(2)3)19-17-9-10-18-16-8-7-14(21-4)12-15(16)17/h7-10,12-13H,5-6,11H2,1-4H3,(H,18,19)/t13-/m1/s1. The van der Waals surface area contributed by atoms with Crippen molar-refractivity contribution in [3.8, 4) is 5.75 Å². The number of anilines is 1. The summed E-state index contributed by atoms with van der Waals surface area (Å²) in [6.07, 6.45) is 4.18. The Kier molecular flexibility index (Phi) is 5.39. The van der Waals surface area contributed by atoms with Crippen molar-refractivity contribution in [1.82, 2.24) is 9.88 Å². The van der Waals surface area contributed by atoms with E-state index in [0.717, 1.165) is 35.3 Å². The van der Waals surface area contributed by atoms with Gasteiger partial charge in [0.25, 0.3) is 0 Å². The third-order valence-corrected chi connectivity index (χ3v) is 3.59. The Morgan fingerprint density at radius 1 is 1.29 bits per heavy atom. The molecule has 1 aromatic heterocycles. The van der Waals surface area contributed by atoms with Gasteiger partial charge in [-0.1, -0.05) is 0 Å². The van der Waals surface area contributed by atoms with Crippen molar-refractivity contribution in [2.75, 3.05) is 33.1 Å². The van der Waals surface area contributed by atoms with E-state index in [-0.39, 0.29) is 0 Å². The lowest BCUT2D eigenvalue weighted by atomic mass is 10.1. The first kappa shape index (κ1) is 15.6. The molecule has 0 fully saturated rings. The lowest BCUT2D eigenvalue weighted by molar-refractivity contribution is 0.390. The van der Waals surface area contributed by atoms with E-state index in [2.05, 4.69) is 36.2 Å². The topological polar surface area (TPSA) is 37.4 Å². The van der Waals surface area contributed by atoms with Gasteiger partial charge in [0.1, 0.15) is 5.75 Å². The zero-order valence-corrected chi connectivity index (χ0v) is 13.4. The van der Waals surface area contributed by atoms with Gasteiger partial charge in [-0.3, -0.25) is 4.98 Å². The maximum absolute atomic E-state index is 5.31. The first-order valence-corrected chi connectivity index (χ1v) is 7.44. The molecule has 0 amide bonds. The van der Waals surface area contributed by atoms with Crippen LogP contribution in [-0.4, -0.2) is 43.7 Å². The Morgan fingerprint density at radius 2 is 2.10 bits per heavy atom. The van der Waals surface area contributed by atoms with Gasteiger partial charge in [-0.15, -0.1) is 0 Å². The number of rotatable bonds is 7. The highest BCUT2D eigenvalue weighted by atomic mass is 16.5. The number of benzene rings is 1. The van der Waals surface area contributed by atoms with Crippen LogP contribution in [0.3, 0.4) is 0 Å². The fraction of sp³-hybridized carbons (Fsp3) is 0.471. The molecule has 4 heteroatoms. The monoisotopic (exact) mass is 287 g/mol. The minimum Gasteiger partial charge on any atom is -0.497 e. The number of aromatic nitrogens is 1. The molecule has 0 saturated heterocycles. The Labute approximate surface area is 127 Å². The van der Waals surface area contributed by atoms with Crippen LogP contribution in [0.2, 0.25) is 0 Å². The minimum atomic E-state index is 0.432. The van der Waals surface area contributed by atoms with Gasteiger partial charge >= 0.3 is 0 Å². The minimum absolute atomic E-state index is 0.432. The molecule has 1 atom stereocenters. The molecule has 1 aromatic carbocycles. The summed E-state index contributed by atoms with van der Waals surface area (Å²) in [6, 6.07) is 8.44. The van der Waals surface area contributed by atoms with Gasteiger partial charge in [0.05, 0.1) is 12.6 Å². The zero-order valence-electron chi connectivity index (χ0n) is 13.4. The molecule has 0 saturated carbocycles. The average Bonchev–Trinajstić information content (AvgIpc) is 2.46. The molecule has 21 heavy (non-hydrogen) atoms. The van der Waals surface area contributed by atoms with Gasteiger partial charge in [-0.25, -0.2) is 0 Å². The fourth-order valence-corrected chi connectivity index (χ4v) is 2.43. The summed E-state index contributed by atoms with van der Waals surface area (Å²) in [5, 5.41) is 4.70. The second-order valence-electron chi connectivity index (χ2n) is 5.73. The summed E-state index contributed by atoms with van der Waals surface area (Å²) in [6.45, 7) is 3.35. The smallest absolute Gasteiger partial charge is 0.119 e. The molecule has 0 spiro atoms. The predicted octanol–water partition coefficient (Wildman–Crippen LogP) is 3.39. The highest BCUT2D eigenvalue weighted by molar-refractivity contribution is 5.92. The van der Waals surface area contributed by atoms with Crippen LogP contribution in [-0.2, 0) is 0 Å². The maximum Gasteiger partial charge on any atom is 0.119 e. The number of hydrogen-bond donors (Lipinski definition) is 1. The number of fused-ring (bicyclic) bond motifs is 1. The zero-order chi connectivity index (χ0) is 15.2. The molecule has 114 valence electrons. The summed E-state index contributed by atoms with van der Waals surface area (Å²) in [5.74, 6) is 0.860. The molecular weight excluding hydrogens is 262 g/mol. The van der Waals surface area contributed by atoms with E-state index in [0.29, 0.717) is 6.04 Å². The predicted molar refractivity (Wildman–Crippen MR) is 89.2 cm³/mol. The Morgan fingerprint density at radius 3 is 2.81 bits per heavy atom. The fourth-order valence-electron chi connectivity index (χ4n) is 2.43. The van der Waals surface area contributed by atoms with Gasteiger partial charge < -0.3 is 15.0 Å². The van der Waals surface area contributed by atoms with Crippen LogP contribution in [0.4, 0.5) is 5.69 Å². The van der Waals surface area contributed by atoms with Crippen molar-refractivity contribution >= 4 is 16.6 Å². The van der Waals surface area contributed by atoms with Crippen molar-refractivity contribution in [1.29, 1.82) is 0 Å². The molecule has 1 heterocycles. The number of hydrogen-bond acceptors (Lipinski definition) is 4. The lowest BCUT2D eigenvalue weighted by Gasteiger charge is -2.18. The van der Waals surface area contributed by atoms with E-state index in [4.69, 9.17) is 4.74 Å². The van der Waals surface area contributed by atoms with Crippen LogP contribution in [0, 0.1) is 0 Å². The van der Waals surface area contributed by atoms with Crippen LogP contribution < -0.4 is 10.1 Å². The van der Waals surface area contributed by atoms with Gasteiger partial charge in [0.15, 0.2) is 0 Å². The first-order chi connectivity index (χ1) is 10.1. The number of methoxy groups -OCH3 is 1. The molecule has 0 aliphatic carbocycles. The summed E-state index contributed by atoms with van der Waals surface area (Å²) >= 11 is 0. The van der Waals surface area contributed by atoms with Crippen LogP contribution in [0.1, 0.15) is 19.8 Å². The van der Waals surface area contributed by atoms with E-state index in [9.17, 15) is 0 Å². The highest BCUT2D eigenvalue weighted by Gasteiger charge is 2.07. The Bertz CT molecular complexity index is 583. The van der Waals surface area contributed by atoms with Gasteiger partial charge in [0.2, 0.25) is 0 Å². The molecule has 0 unspecified atom stereocenters. The van der Waals surface area contributed by atoms with Crippen molar-refractivity contribution in [2.24, 2.45) is 0 Å². The van der Waals surface area contributed by atoms with Crippen molar-refractivity contribution in [2.45, 2.75) is 25.8 Å². The largest absolute Gasteiger partial charge is 0.497 e. The first-order valence-electron chi connectivity index (χ1n) is 7.44. The van der Waals surface area contributed by atoms with Crippen LogP contribution in [0.5, 0.6) is 5.75 Å². The second-order valence-corrected chi connectivity index (χ2v) is 5.73. The number of nitrogens with one attached hydrogen (secondary N) is 1. The molecular formula is C17H25N3O. The SMILES string of the molecule is COc1ccc2nccc(N[C@H](C)CCCN(C)C)c2c1. The molecule has 0 radical (unpaired) electrons. The van der Waals surface area contributed by atoms with Gasteiger partial charge in [-0.2, -0.15) is 0 Å². The third-order valence-electron chi connectivity index (χ3n) is 3.59. The Balaban J connectivity index is 2.10. The maximum atomic E-state index is 5.31. The van der Waals surface area contributed by atoms with Crippen LogP contribution in [0.15, 0.2) is 30.5 Å². The molecule has 1 N–H and O–H groups in total. The van der Waals surface area contributed by atoms with E-state index in [1.54, 1.807) is 7.11 Å². The number of nitrogens with zero attached hydrogens (tertiary/aromatic N) is 2. The second kappa shape index (κ2) is 7.27. The Hall–Kier alpha value is -1.81. The summed E-state index contributed by atoms with van der Waals surface area (Å²) in [4.78, 5) is 6.63. The summed E-state index contributed by atoms with van der Waals surface area (Å²) < 4.78 is 5.31. The van der Waals surface area contributed by atoms with Gasteiger partial charge in [0, 0.05) is 23.3 Å². The van der Waals surface area contributed by atoms with Gasteiger partial charge in [-0.05, 0) is 64.7 Å². The quantitative estimate of drug-likeness (QED) is 0.847. The average molecular weight is 287 g/mol. The number of ether oxygens (including phenoxy) is 1. The summed E-state index contributed by atoms with van der Waals surface area (Å²) in [7, 11) is 5.91. The lowest BCUT2D eigenvalue weighted by Crippen LogP contribution is -2.19. The van der Waals surface area contributed by atoms with E-state index in [1.165, 1.54) is 6.42 Å². The molecule has 0 aliphatic heterocycles. The normalized spacial score (nSPS) is 12.6. The van der Waals surface area contributed by atoms with E-state index < -0.39 is 0 Å². The molecule has 0 bridgehead atoms. The van der Waals surface area contributed by atoms with Crippen molar-refractivity contribution < 1.29 is 4.74 Å². The van der Waals surface area contributed by atoms with Crippen LogP contribution in [0.25, 0.3) is 10.9 Å². The molecule has 0 aliphatic rings. The molecule has 4 nitrogen and oxygen atoms in total. The molecule has 2 aromatic rings. The third kappa shape index (κ3) is 4.33. The van der Waals surface area contributed by atoms with E-state index in [1.807, 2.05) is 30.5 Å². The highest BCUT2D eigenvalue weighted by Crippen LogP contribution is 2.26. The van der Waals surface area contributed by atoms with Crippen molar-refractivity contribution in [3.05, 3.63) is 30.5 Å². The number of pyridine rings is 1.